The van der Waals surface area contributed by atoms with Gasteiger partial charge in [-0.05, 0) is 42.4 Å². The molecule has 0 saturated heterocycles. The Bertz CT molecular complexity index is 726. The van der Waals surface area contributed by atoms with Crippen LogP contribution >= 0.6 is 0 Å². The summed E-state index contributed by atoms with van der Waals surface area (Å²) in [6, 6.07) is 20.4. The number of nitrogens with zero attached hydrogens (tertiary/aromatic N) is 1. The van der Waals surface area contributed by atoms with Crippen LogP contribution in [0.4, 0.5) is 0 Å². The highest BCUT2D eigenvalue weighted by atomic mass is 16.1. The van der Waals surface area contributed by atoms with Crippen molar-refractivity contribution >= 4 is 5.91 Å². The van der Waals surface area contributed by atoms with Gasteiger partial charge in [0.25, 0.3) is 0 Å². The third-order valence-corrected chi connectivity index (χ3v) is 4.45. The van der Waals surface area contributed by atoms with Gasteiger partial charge < -0.3 is 5.32 Å². The SMILES string of the molecule is C[C@@](C#N)(NC(=O)Cc1ccc(-c2ccccc2)cc1)C1CC1. The zero-order chi connectivity index (χ0) is 16.3. The molecule has 0 aliphatic heterocycles. The molecule has 1 aliphatic carbocycles. The van der Waals surface area contributed by atoms with Crippen LogP contribution in [0, 0.1) is 17.2 Å². The Balaban J connectivity index is 1.64. The minimum Gasteiger partial charge on any atom is -0.338 e. The second kappa shape index (κ2) is 6.26. The van der Waals surface area contributed by atoms with Gasteiger partial charge in [0, 0.05) is 0 Å². The lowest BCUT2D eigenvalue weighted by Gasteiger charge is -2.22. The average molecular weight is 304 g/mol. The van der Waals surface area contributed by atoms with E-state index in [9.17, 15) is 10.1 Å². The number of amides is 1. The molecule has 116 valence electrons. The summed E-state index contributed by atoms with van der Waals surface area (Å²) >= 11 is 0. The van der Waals surface area contributed by atoms with E-state index in [1.165, 1.54) is 0 Å². The highest BCUT2D eigenvalue weighted by Gasteiger charge is 2.42. The van der Waals surface area contributed by atoms with Crippen molar-refractivity contribution < 1.29 is 4.79 Å². The standard InChI is InChI=1S/C20H20N2O/c1-20(14-21,18-11-12-18)22-19(23)13-15-7-9-17(10-8-15)16-5-3-2-4-6-16/h2-10,18H,11-13H2,1H3,(H,22,23)/t20-/m0/s1. The van der Waals surface area contributed by atoms with Crippen LogP contribution in [-0.4, -0.2) is 11.4 Å². The van der Waals surface area contributed by atoms with E-state index in [1.807, 2.05) is 49.4 Å². The van der Waals surface area contributed by atoms with Crippen LogP contribution in [0.1, 0.15) is 25.3 Å². The Kier molecular flexibility index (Phi) is 4.16. The van der Waals surface area contributed by atoms with Crippen molar-refractivity contribution in [2.24, 2.45) is 5.92 Å². The first-order chi connectivity index (χ1) is 11.1. The molecule has 1 atom stereocenters. The number of benzene rings is 2. The summed E-state index contributed by atoms with van der Waals surface area (Å²) in [7, 11) is 0. The lowest BCUT2D eigenvalue weighted by atomic mass is 9.97. The summed E-state index contributed by atoms with van der Waals surface area (Å²) in [6.45, 7) is 1.82. The fourth-order valence-corrected chi connectivity index (χ4v) is 2.85. The van der Waals surface area contributed by atoms with Crippen molar-refractivity contribution in [3.05, 3.63) is 60.2 Å². The molecule has 0 heterocycles. The summed E-state index contributed by atoms with van der Waals surface area (Å²) in [6.07, 6.45) is 2.35. The quantitative estimate of drug-likeness (QED) is 0.915. The lowest BCUT2D eigenvalue weighted by molar-refractivity contribution is -0.121. The van der Waals surface area contributed by atoms with Crippen LogP contribution in [-0.2, 0) is 11.2 Å². The van der Waals surface area contributed by atoms with Gasteiger partial charge in [0.1, 0.15) is 5.54 Å². The van der Waals surface area contributed by atoms with Crippen LogP contribution in [0.2, 0.25) is 0 Å². The normalized spacial score (nSPS) is 16.2. The van der Waals surface area contributed by atoms with Crippen LogP contribution in [0.25, 0.3) is 11.1 Å². The molecule has 0 aromatic heterocycles. The summed E-state index contributed by atoms with van der Waals surface area (Å²) in [4.78, 5) is 12.2. The Morgan fingerprint density at radius 1 is 1.13 bits per heavy atom. The molecule has 1 aliphatic rings. The molecule has 2 aromatic rings. The molecule has 0 spiro atoms. The zero-order valence-corrected chi connectivity index (χ0v) is 13.3. The molecule has 23 heavy (non-hydrogen) atoms. The summed E-state index contributed by atoms with van der Waals surface area (Å²) in [5, 5.41) is 12.2. The van der Waals surface area contributed by atoms with E-state index in [1.54, 1.807) is 0 Å². The molecule has 0 radical (unpaired) electrons. The molecule has 3 nitrogen and oxygen atoms in total. The second-order valence-corrected chi connectivity index (χ2v) is 6.38. The fourth-order valence-electron chi connectivity index (χ4n) is 2.85. The first-order valence-electron chi connectivity index (χ1n) is 7.97. The number of nitrogens with one attached hydrogen (secondary N) is 1. The summed E-state index contributed by atoms with van der Waals surface area (Å²) in [5.74, 6) is 0.213. The van der Waals surface area contributed by atoms with Crippen molar-refractivity contribution in [2.45, 2.75) is 31.7 Å². The van der Waals surface area contributed by atoms with Crippen molar-refractivity contribution in [1.29, 1.82) is 5.26 Å². The first kappa shape index (κ1) is 15.3. The molecular formula is C20H20N2O. The van der Waals surface area contributed by atoms with Gasteiger partial charge in [0.2, 0.25) is 5.91 Å². The maximum absolute atomic E-state index is 12.2. The van der Waals surface area contributed by atoms with E-state index in [0.29, 0.717) is 12.3 Å². The number of nitriles is 1. The molecule has 1 fully saturated rings. The van der Waals surface area contributed by atoms with Gasteiger partial charge in [0.05, 0.1) is 12.5 Å². The molecule has 1 saturated carbocycles. The smallest absolute Gasteiger partial charge is 0.225 e. The Morgan fingerprint density at radius 3 is 2.30 bits per heavy atom. The molecule has 2 aromatic carbocycles. The zero-order valence-electron chi connectivity index (χ0n) is 13.3. The average Bonchev–Trinajstić information content (AvgIpc) is 3.41. The van der Waals surface area contributed by atoms with E-state index in [-0.39, 0.29) is 5.91 Å². The predicted octanol–water partition coefficient (Wildman–Crippen LogP) is 3.70. The minimum atomic E-state index is -0.721. The summed E-state index contributed by atoms with van der Waals surface area (Å²) < 4.78 is 0. The fraction of sp³-hybridized carbons (Fsp3) is 0.300. The van der Waals surface area contributed by atoms with Crippen molar-refractivity contribution in [3.8, 4) is 17.2 Å². The number of carbonyl (C=O) groups is 1. The van der Waals surface area contributed by atoms with Gasteiger partial charge >= 0.3 is 0 Å². The molecule has 3 rings (SSSR count). The largest absolute Gasteiger partial charge is 0.338 e. The van der Waals surface area contributed by atoms with Gasteiger partial charge in [-0.3, -0.25) is 4.79 Å². The third kappa shape index (κ3) is 3.60. The highest BCUT2D eigenvalue weighted by Crippen LogP contribution is 2.39. The van der Waals surface area contributed by atoms with Crippen molar-refractivity contribution in [1.82, 2.24) is 5.32 Å². The van der Waals surface area contributed by atoms with Gasteiger partial charge in [-0.25, -0.2) is 0 Å². The molecule has 0 bridgehead atoms. The Labute approximate surface area is 137 Å². The van der Waals surface area contributed by atoms with Crippen molar-refractivity contribution in [3.63, 3.8) is 0 Å². The first-order valence-corrected chi connectivity index (χ1v) is 7.97. The number of hydrogen-bond donors (Lipinski definition) is 1. The van der Waals surface area contributed by atoms with E-state index in [0.717, 1.165) is 29.5 Å². The van der Waals surface area contributed by atoms with Crippen LogP contribution < -0.4 is 5.32 Å². The van der Waals surface area contributed by atoms with Gasteiger partial charge in [-0.1, -0.05) is 54.6 Å². The maximum Gasteiger partial charge on any atom is 0.225 e. The van der Waals surface area contributed by atoms with E-state index >= 15 is 0 Å². The Hall–Kier alpha value is -2.60. The molecule has 1 amide bonds. The number of rotatable bonds is 5. The van der Waals surface area contributed by atoms with E-state index in [2.05, 4.69) is 23.5 Å². The van der Waals surface area contributed by atoms with Gasteiger partial charge in [-0.2, -0.15) is 5.26 Å². The van der Waals surface area contributed by atoms with Gasteiger partial charge in [-0.15, -0.1) is 0 Å². The summed E-state index contributed by atoms with van der Waals surface area (Å²) in [5.41, 5.74) is 2.53. The molecule has 3 heteroatoms. The van der Waals surface area contributed by atoms with Crippen LogP contribution in [0.5, 0.6) is 0 Å². The molecular weight excluding hydrogens is 284 g/mol. The van der Waals surface area contributed by atoms with E-state index < -0.39 is 5.54 Å². The lowest BCUT2D eigenvalue weighted by Crippen LogP contribution is -2.47. The predicted molar refractivity (Wildman–Crippen MR) is 90.5 cm³/mol. The third-order valence-electron chi connectivity index (χ3n) is 4.45. The van der Waals surface area contributed by atoms with Crippen LogP contribution in [0.15, 0.2) is 54.6 Å². The van der Waals surface area contributed by atoms with Crippen LogP contribution in [0.3, 0.4) is 0 Å². The number of hydrogen-bond acceptors (Lipinski definition) is 2. The second-order valence-electron chi connectivity index (χ2n) is 6.38. The van der Waals surface area contributed by atoms with E-state index in [4.69, 9.17) is 0 Å². The molecule has 0 unspecified atom stereocenters. The topological polar surface area (TPSA) is 52.9 Å². The monoisotopic (exact) mass is 304 g/mol. The number of carbonyl (C=O) groups excluding carboxylic acids is 1. The maximum atomic E-state index is 12.2. The van der Waals surface area contributed by atoms with Crippen molar-refractivity contribution in [2.75, 3.05) is 0 Å². The minimum absolute atomic E-state index is 0.0894. The highest BCUT2D eigenvalue weighted by molar-refractivity contribution is 5.80. The Morgan fingerprint density at radius 2 is 1.74 bits per heavy atom. The van der Waals surface area contributed by atoms with Gasteiger partial charge in [0.15, 0.2) is 0 Å². The molecule has 1 N–H and O–H groups in total.